The third kappa shape index (κ3) is 5.70. The minimum atomic E-state index is -0.230. The van der Waals surface area contributed by atoms with E-state index in [1.54, 1.807) is 13.2 Å². The monoisotopic (exact) mass is 256 g/mol. The molecular weight excluding hydrogens is 239 g/mol. The fraction of sp³-hybridized carbons (Fsp3) is 0.417. The minimum Gasteiger partial charge on any atom is -0.382 e. The number of hydrogen-bond donors (Lipinski definition) is 1. The molecule has 0 unspecified atom stereocenters. The summed E-state index contributed by atoms with van der Waals surface area (Å²) in [6.07, 6.45) is 0. The van der Waals surface area contributed by atoms with Crippen molar-refractivity contribution in [2.45, 2.75) is 18.7 Å². The van der Waals surface area contributed by atoms with Gasteiger partial charge in [-0.2, -0.15) is 0 Å². The van der Waals surface area contributed by atoms with Gasteiger partial charge in [-0.15, -0.1) is 0 Å². The maximum absolute atomic E-state index is 12.9. The maximum Gasteiger partial charge on any atom is 0.154 e. The SMILES string of the molecule is COC[C@H](C)N=C(N)SCc1cccc(F)c1. The zero-order chi connectivity index (χ0) is 12.7. The molecule has 0 radical (unpaired) electrons. The molecule has 1 aromatic rings. The summed E-state index contributed by atoms with van der Waals surface area (Å²) in [5, 5.41) is 0.499. The van der Waals surface area contributed by atoms with Crippen LogP contribution in [0, 0.1) is 5.82 Å². The predicted molar refractivity (Wildman–Crippen MR) is 70.7 cm³/mol. The summed E-state index contributed by atoms with van der Waals surface area (Å²) >= 11 is 1.40. The van der Waals surface area contributed by atoms with Gasteiger partial charge in [0.15, 0.2) is 5.17 Å². The van der Waals surface area contributed by atoms with Crippen molar-refractivity contribution < 1.29 is 9.13 Å². The van der Waals surface area contributed by atoms with E-state index >= 15 is 0 Å². The van der Waals surface area contributed by atoms with Gasteiger partial charge < -0.3 is 10.5 Å². The minimum absolute atomic E-state index is 0.0417. The van der Waals surface area contributed by atoms with Crippen LogP contribution in [0.2, 0.25) is 0 Å². The lowest BCUT2D eigenvalue weighted by Gasteiger charge is -2.06. The second-order valence-electron chi connectivity index (χ2n) is 3.69. The molecule has 2 N–H and O–H groups in total. The molecule has 0 heterocycles. The molecule has 94 valence electrons. The number of rotatable bonds is 5. The Labute approximate surface area is 105 Å². The number of ether oxygens (including phenoxy) is 1. The highest BCUT2D eigenvalue weighted by Gasteiger charge is 2.02. The van der Waals surface area contributed by atoms with Gasteiger partial charge in [0.1, 0.15) is 5.82 Å². The van der Waals surface area contributed by atoms with Gasteiger partial charge in [0, 0.05) is 12.9 Å². The van der Waals surface area contributed by atoms with E-state index in [-0.39, 0.29) is 11.9 Å². The third-order valence-corrected chi connectivity index (χ3v) is 2.91. The number of hydrogen-bond acceptors (Lipinski definition) is 3. The van der Waals surface area contributed by atoms with E-state index in [1.165, 1.54) is 23.9 Å². The molecule has 5 heteroatoms. The molecule has 1 rings (SSSR count). The number of halogens is 1. The molecule has 0 aromatic heterocycles. The number of nitrogens with two attached hydrogens (primary N) is 1. The van der Waals surface area contributed by atoms with Crippen LogP contribution in [0.25, 0.3) is 0 Å². The smallest absolute Gasteiger partial charge is 0.154 e. The van der Waals surface area contributed by atoms with Crippen LogP contribution in [-0.2, 0) is 10.5 Å². The number of thioether (sulfide) groups is 1. The topological polar surface area (TPSA) is 47.6 Å². The third-order valence-electron chi connectivity index (χ3n) is 2.03. The number of benzene rings is 1. The highest BCUT2D eigenvalue weighted by molar-refractivity contribution is 8.13. The highest BCUT2D eigenvalue weighted by atomic mass is 32.2. The molecule has 0 bridgehead atoms. The van der Waals surface area contributed by atoms with Crippen molar-refractivity contribution in [1.29, 1.82) is 0 Å². The Morgan fingerprint density at radius 1 is 1.59 bits per heavy atom. The summed E-state index contributed by atoms with van der Waals surface area (Å²) in [6.45, 7) is 2.47. The van der Waals surface area contributed by atoms with E-state index < -0.39 is 0 Å². The van der Waals surface area contributed by atoms with Crippen molar-refractivity contribution in [3.63, 3.8) is 0 Å². The van der Waals surface area contributed by atoms with Crippen LogP contribution in [-0.4, -0.2) is 24.9 Å². The Balaban J connectivity index is 2.45. The predicted octanol–water partition coefficient (Wildman–Crippen LogP) is 2.41. The normalized spacial score (nSPS) is 13.7. The van der Waals surface area contributed by atoms with Crippen molar-refractivity contribution in [3.05, 3.63) is 35.6 Å². The van der Waals surface area contributed by atoms with Gasteiger partial charge in [-0.1, -0.05) is 23.9 Å². The van der Waals surface area contributed by atoms with Crippen molar-refractivity contribution >= 4 is 16.9 Å². The van der Waals surface area contributed by atoms with E-state index in [0.29, 0.717) is 17.5 Å². The zero-order valence-corrected chi connectivity index (χ0v) is 10.8. The lowest BCUT2D eigenvalue weighted by molar-refractivity contribution is 0.186. The summed E-state index contributed by atoms with van der Waals surface area (Å²) < 4.78 is 17.9. The molecule has 0 spiro atoms. The van der Waals surface area contributed by atoms with Crippen LogP contribution < -0.4 is 5.73 Å². The molecule has 3 nitrogen and oxygen atoms in total. The van der Waals surface area contributed by atoms with Crippen molar-refractivity contribution in [2.75, 3.05) is 13.7 Å². The molecule has 1 atom stereocenters. The number of amidine groups is 1. The Kier molecular flexibility index (Phi) is 6.00. The summed E-state index contributed by atoms with van der Waals surface area (Å²) in [4.78, 5) is 4.24. The van der Waals surface area contributed by atoms with E-state index in [0.717, 1.165) is 5.56 Å². The largest absolute Gasteiger partial charge is 0.382 e. The standard InChI is InChI=1S/C12H17FN2OS/c1-9(7-16-2)15-12(14)17-8-10-4-3-5-11(13)6-10/h3-6,9H,7-8H2,1-2H3,(H2,14,15)/t9-/m0/s1. The van der Waals surface area contributed by atoms with Crippen molar-refractivity contribution in [3.8, 4) is 0 Å². The second kappa shape index (κ2) is 7.29. The van der Waals surface area contributed by atoms with Crippen LogP contribution in [0.5, 0.6) is 0 Å². The van der Waals surface area contributed by atoms with E-state index in [4.69, 9.17) is 10.5 Å². The second-order valence-corrected chi connectivity index (χ2v) is 4.69. The molecule has 0 aliphatic rings. The molecule has 1 aromatic carbocycles. The van der Waals surface area contributed by atoms with Crippen LogP contribution in [0.3, 0.4) is 0 Å². The van der Waals surface area contributed by atoms with Crippen molar-refractivity contribution in [2.24, 2.45) is 10.7 Å². The van der Waals surface area contributed by atoms with Gasteiger partial charge in [0.25, 0.3) is 0 Å². The lowest BCUT2D eigenvalue weighted by atomic mass is 10.2. The first-order chi connectivity index (χ1) is 8.11. The van der Waals surface area contributed by atoms with Gasteiger partial charge >= 0.3 is 0 Å². The summed E-state index contributed by atoms with van der Waals surface area (Å²) in [6, 6.07) is 6.51. The van der Waals surface area contributed by atoms with Gasteiger partial charge in [-0.3, -0.25) is 4.99 Å². The molecule has 0 saturated heterocycles. The van der Waals surface area contributed by atoms with Crippen LogP contribution in [0.1, 0.15) is 12.5 Å². The number of nitrogens with zero attached hydrogens (tertiary/aromatic N) is 1. The molecular formula is C12H17FN2OS. The Morgan fingerprint density at radius 3 is 3.00 bits per heavy atom. The molecule has 17 heavy (non-hydrogen) atoms. The fourth-order valence-corrected chi connectivity index (χ4v) is 2.07. The molecule has 0 saturated carbocycles. The Bertz CT molecular complexity index is 385. The summed E-state index contributed by atoms with van der Waals surface area (Å²) in [5.74, 6) is 0.388. The zero-order valence-electron chi connectivity index (χ0n) is 10.0. The number of methoxy groups -OCH3 is 1. The lowest BCUT2D eigenvalue weighted by Crippen LogP contribution is -2.15. The molecule has 0 amide bonds. The average Bonchev–Trinajstić information content (AvgIpc) is 2.27. The van der Waals surface area contributed by atoms with E-state index in [1.807, 2.05) is 13.0 Å². The Hall–Kier alpha value is -1.07. The van der Waals surface area contributed by atoms with Gasteiger partial charge in [-0.05, 0) is 24.6 Å². The number of aliphatic imine (C=N–C) groups is 1. The van der Waals surface area contributed by atoms with Crippen molar-refractivity contribution in [1.82, 2.24) is 0 Å². The van der Waals surface area contributed by atoms with Gasteiger partial charge in [-0.25, -0.2) is 4.39 Å². The highest BCUT2D eigenvalue weighted by Crippen LogP contribution is 2.13. The van der Waals surface area contributed by atoms with Crippen LogP contribution in [0.15, 0.2) is 29.3 Å². The first kappa shape index (κ1) is 14.0. The quantitative estimate of drug-likeness (QED) is 0.650. The fourth-order valence-electron chi connectivity index (χ4n) is 1.32. The molecule has 0 fully saturated rings. The molecule has 0 aliphatic carbocycles. The van der Waals surface area contributed by atoms with E-state index in [2.05, 4.69) is 4.99 Å². The first-order valence-electron chi connectivity index (χ1n) is 5.31. The van der Waals surface area contributed by atoms with Gasteiger partial charge in [0.2, 0.25) is 0 Å². The van der Waals surface area contributed by atoms with E-state index in [9.17, 15) is 4.39 Å². The molecule has 0 aliphatic heterocycles. The summed E-state index contributed by atoms with van der Waals surface area (Å²) in [7, 11) is 1.63. The first-order valence-corrected chi connectivity index (χ1v) is 6.30. The average molecular weight is 256 g/mol. The Morgan fingerprint density at radius 2 is 2.35 bits per heavy atom. The maximum atomic E-state index is 12.9. The van der Waals surface area contributed by atoms with Crippen LogP contribution >= 0.6 is 11.8 Å². The van der Waals surface area contributed by atoms with Crippen LogP contribution in [0.4, 0.5) is 4.39 Å². The van der Waals surface area contributed by atoms with Gasteiger partial charge in [0.05, 0.1) is 12.6 Å². The summed E-state index contributed by atoms with van der Waals surface area (Å²) in [5.41, 5.74) is 6.65.